The molecule has 1 saturated heterocycles. The summed E-state index contributed by atoms with van der Waals surface area (Å²) in [7, 11) is 0. The molecule has 2 bridgehead atoms. The van der Waals surface area contributed by atoms with Gasteiger partial charge in [-0.2, -0.15) is 0 Å². The molecule has 0 aromatic heterocycles. The van der Waals surface area contributed by atoms with Crippen LogP contribution in [0.15, 0.2) is 24.3 Å². The number of hydrogen-bond donors (Lipinski definition) is 0. The molecule has 0 unspecified atom stereocenters. The van der Waals surface area contributed by atoms with E-state index in [1.54, 1.807) is 0 Å². The molecule has 6 nitrogen and oxygen atoms in total. The van der Waals surface area contributed by atoms with Crippen molar-refractivity contribution < 1.29 is 14.5 Å². The van der Waals surface area contributed by atoms with E-state index < -0.39 is 4.92 Å². The number of anilines is 1. The van der Waals surface area contributed by atoms with Crippen LogP contribution in [-0.2, 0) is 9.59 Å². The zero-order valence-corrected chi connectivity index (χ0v) is 12.4. The molecule has 0 N–H and O–H groups in total. The van der Waals surface area contributed by atoms with Crippen LogP contribution >= 0.6 is 0 Å². The molecule has 118 valence electrons. The fraction of sp³-hybridized carbons (Fsp3) is 0.529. The van der Waals surface area contributed by atoms with E-state index >= 15 is 0 Å². The molecule has 0 radical (unpaired) electrons. The van der Waals surface area contributed by atoms with Crippen molar-refractivity contribution in [1.29, 1.82) is 0 Å². The summed E-state index contributed by atoms with van der Waals surface area (Å²) in [5.74, 6) is 1.57. The Labute approximate surface area is 132 Å². The Morgan fingerprint density at radius 3 is 1.91 bits per heavy atom. The molecule has 23 heavy (non-hydrogen) atoms. The smallest absolute Gasteiger partial charge is 0.269 e. The number of benzene rings is 1. The van der Waals surface area contributed by atoms with Crippen LogP contribution in [0.5, 0.6) is 0 Å². The van der Waals surface area contributed by atoms with Crippen LogP contribution in [0.1, 0.15) is 19.3 Å². The highest BCUT2D eigenvalue weighted by Crippen LogP contribution is 2.68. The summed E-state index contributed by atoms with van der Waals surface area (Å²) in [6.45, 7) is 0. The number of nitro groups is 1. The predicted octanol–water partition coefficient (Wildman–Crippen LogP) is 2.38. The number of carbonyl (C=O) groups excluding carboxylic acids is 2. The van der Waals surface area contributed by atoms with Crippen LogP contribution in [0, 0.1) is 45.6 Å². The topological polar surface area (TPSA) is 80.5 Å². The highest BCUT2D eigenvalue weighted by Gasteiger charge is 2.68. The molecule has 1 heterocycles. The lowest BCUT2D eigenvalue weighted by Gasteiger charge is -2.42. The summed E-state index contributed by atoms with van der Waals surface area (Å²) in [6.07, 6.45) is 3.33. The van der Waals surface area contributed by atoms with Crippen molar-refractivity contribution in [1.82, 2.24) is 0 Å². The van der Waals surface area contributed by atoms with Crippen LogP contribution in [0.4, 0.5) is 11.4 Å². The Morgan fingerprint density at radius 2 is 1.43 bits per heavy atom. The van der Waals surface area contributed by atoms with E-state index in [-0.39, 0.29) is 29.3 Å². The number of fused-ring (bicyclic) bond motifs is 1. The summed E-state index contributed by atoms with van der Waals surface area (Å²) in [6, 6.07) is 5.72. The number of amides is 2. The average Bonchev–Trinajstić information content (AvgIpc) is 3.32. The number of non-ortho nitro benzene ring substituents is 1. The van der Waals surface area contributed by atoms with Crippen molar-refractivity contribution in [3.63, 3.8) is 0 Å². The normalized spacial score (nSPS) is 40.1. The lowest BCUT2D eigenvalue weighted by molar-refractivity contribution is -0.384. The summed E-state index contributed by atoms with van der Waals surface area (Å²) in [4.78, 5) is 37.4. The molecule has 6 rings (SSSR count). The van der Waals surface area contributed by atoms with Gasteiger partial charge in [-0.05, 0) is 55.1 Å². The first-order valence-corrected chi connectivity index (χ1v) is 8.20. The first kappa shape index (κ1) is 13.2. The van der Waals surface area contributed by atoms with E-state index in [0.717, 1.165) is 12.8 Å². The summed E-state index contributed by atoms with van der Waals surface area (Å²) >= 11 is 0. The fourth-order valence-electron chi connectivity index (χ4n) is 5.52. The second kappa shape index (κ2) is 4.19. The van der Waals surface area contributed by atoms with Gasteiger partial charge in [0.1, 0.15) is 0 Å². The zero-order valence-electron chi connectivity index (χ0n) is 12.4. The Kier molecular flexibility index (Phi) is 2.41. The third-order valence-corrected chi connectivity index (χ3v) is 6.46. The van der Waals surface area contributed by atoms with Gasteiger partial charge in [-0.3, -0.25) is 24.6 Å². The molecule has 5 aliphatic rings. The molecule has 6 atom stereocenters. The number of carbonyl (C=O) groups is 2. The Hall–Kier alpha value is -2.24. The van der Waals surface area contributed by atoms with Gasteiger partial charge in [0, 0.05) is 12.1 Å². The molecule has 0 spiro atoms. The maximum Gasteiger partial charge on any atom is 0.269 e. The van der Waals surface area contributed by atoms with Crippen LogP contribution in [0.25, 0.3) is 0 Å². The molecule has 2 amide bonds. The second-order valence-electron chi connectivity index (χ2n) is 7.31. The minimum atomic E-state index is -0.481. The maximum atomic E-state index is 12.9. The van der Waals surface area contributed by atoms with Crippen LogP contribution < -0.4 is 4.90 Å². The van der Waals surface area contributed by atoms with E-state index in [4.69, 9.17) is 0 Å². The molecular weight excluding hydrogens is 296 g/mol. The van der Waals surface area contributed by atoms with Gasteiger partial charge in [0.05, 0.1) is 22.4 Å². The van der Waals surface area contributed by atoms with Crippen LogP contribution in [0.3, 0.4) is 0 Å². The molecule has 4 saturated carbocycles. The Balaban J connectivity index is 1.52. The van der Waals surface area contributed by atoms with Crippen molar-refractivity contribution in [2.24, 2.45) is 35.5 Å². The number of hydrogen-bond acceptors (Lipinski definition) is 4. The molecule has 1 aliphatic heterocycles. The minimum absolute atomic E-state index is 0.0356. The summed E-state index contributed by atoms with van der Waals surface area (Å²) in [5.41, 5.74) is 0.430. The van der Waals surface area contributed by atoms with Gasteiger partial charge in [0.25, 0.3) is 5.69 Å². The van der Waals surface area contributed by atoms with E-state index in [9.17, 15) is 19.7 Å². The number of nitrogens with zero attached hydrogens (tertiary/aromatic N) is 2. The van der Waals surface area contributed by atoms with Gasteiger partial charge in [-0.1, -0.05) is 0 Å². The van der Waals surface area contributed by atoms with E-state index in [2.05, 4.69) is 0 Å². The quantitative estimate of drug-likeness (QED) is 0.477. The highest BCUT2D eigenvalue weighted by molar-refractivity contribution is 6.22. The molecule has 1 aromatic carbocycles. The van der Waals surface area contributed by atoms with Crippen molar-refractivity contribution >= 4 is 23.2 Å². The van der Waals surface area contributed by atoms with Gasteiger partial charge < -0.3 is 0 Å². The van der Waals surface area contributed by atoms with Crippen molar-refractivity contribution in [3.05, 3.63) is 34.4 Å². The van der Waals surface area contributed by atoms with Crippen molar-refractivity contribution in [3.8, 4) is 0 Å². The fourth-order valence-corrected chi connectivity index (χ4v) is 5.52. The molecule has 5 fully saturated rings. The van der Waals surface area contributed by atoms with Gasteiger partial charge in [0.2, 0.25) is 11.8 Å². The number of nitro benzene ring substituents is 1. The zero-order chi connectivity index (χ0) is 15.9. The molecular formula is C17H16N2O4. The number of imide groups is 1. The Morgan fingerprint density at radius 1 is 0.913 bits per heavy atom. The maximum absolute atomic E-state index is 12.9. The third kappa shape index (κ3) is 1.58. The third-order valence-electron chi connectivity index (χ3n) is 6.46. The standard InChI is InChI=1S/C17H16N2O4/c20-16-14-10-5-6-11(13-7-12(10)13)15(14)17(21)18(16)8-1-3-9(4-2-8)19(22)23/h1-4,10-15H,5-7H2/t10-,11+,12+,13-,14-,15+. The first-order chi connectivity index (χ1) is 11.1. The highest BCUT2D eigenvalue weighted by atomic mass is 16.6. The largest absolute Gasteiger partial charge is 0.274 e. The SMILES string of the molecule is O=C1[C@@H]2[C@@H]3CC[C@@H]([C@H]4C[C@H]43)[C@@H]2C(=O)N1c1ccc([N+](=O)[O-])cc1. The van der Waals surface area contributed by atoms with Crippen LogP contribution in [-0.4, -0.2) is 16.7 Å². The van der Waals surface area contributed by atoms with Crippen molar-refractivity contribution in [2.45, 2.75) is 19.3 Å². The molecule has 1 aromatic rings. The van der Waals surface area contributed by atoms with Crippen LogP contribution in [0.2, 0.25) is 0 Å². The predicted molar refractivity (Wildman–Crippen MR) is 80.4 cm³/mol. The van der Waals surface area contributed by atoms with E-state index in [0.29, 0.717) is 29.4 Å². The van der Waals surface area contributed by atoms with Crippen molar-refractivity contribution in [2.75, 3.05) is 4.90 Å². The van der Waals surface area contributed by atoms with Gasteiger partial charge in [-0.15, -0.1) is 0 Å². The average molecular weight is 312 g/mol. The minimum Gasteiger partial charge on any atom is -0.274 e. The van der Waals surface area contributed by atoms with E-state index in [1.807, 2.05) is 0 Å². The first-order valence-electron chi connectivity index (χ1n) is 8.20. The summed E-state index contributed by atoms with van der Waals surface area (Å²) in [5, 5.41) is 10.8. The molecule has 4 aliphatic carbocycles. The second-order valence-corrected chi connectivity index (χ2v) is 7.31. The van der Waals surface area contributed by atoms with Gasteiger partial charge >= 0.3 is 0 Å². The summed E-state index contributed by atoms with van der Waals surface area (Å²) < 4.78 is 0. The van der Waals surface area contributed by atoms with Gasteiger partial charge in [-0.25, -0.2) is 0 Å². The van der Waals surface area contributed by atoms with E-state index in [1.165, 1.54) is 35.6 Å². The lowest BCUT2D eigenvalue weighted by Crippen LogP contribution is -2.43. The number of rotatable bonds is 2. The van der Waals surface area contributed by atoms with Gasteiger partial charge in [0.15, 0.2) is 0 Å². The monoisotopic (exact) mass is 312 g/mol. The molecule has 6 heteroatoms. The lowest BCUT2D eigenvalue weighted by atomic mass is 9.59. The Bertz CT molecular complexity index is 709.